The molecule has 1 N–H and O–H groups in total. The maximum Gasteiger partial charge on any atom is 0.228 e. The molecule has 112 valence electrons. The summed E-state index contributed by atoms with van der Waals surface area (Å²) >= 11 is 8.43. The van der Waals surface area contributed by atoms with Crippen LogP contribution in [-0.2, 0) is 4.79 Å². The quantitative estimate of drug-likeness (QED) is 0.593. The van der Waals surface area contributed by atoms with Crippen LogP contribution in [0, 0.1) is 3.57 Å². The van der Waals surface area contributed by atoms with Crippen molar-refractivity contribution < 1.29 is 9.21 Å². The topological polar surface area (TPSA) is 55.1 Å². The Morgan fingerprint density at radius 3 is 2.91 bits per heavy atom. The highest BCUT2D eigenvalue weighted by Crippen LogP contribution is 2.32. The lowest BCUT2D eigenvalue weighted by Gasteiger charge is -2.01. The third-order valence-electron chi connectivity index (χ3n) is 3.15. The number of benzene rings is 2. The second kappa shape index (κ2) is 6.26. The number of anilines is 1. The zero-order valence-corrected chi connectivity index (χ0v) is 14.6. The fourth-order valence-electron chi connectivity index (χ4n) is 2.03. The van der Waals surface area contributed by atoms with E-state index in [0.29, 0.717) is 34.1 Å². The lowest BCUT2D eigenvalue weighted by molar-refractivity contribution is -0.115. The number of nitrogens with zero attached hydrogens (tertiary/aromatic N) is 1. The van der Waals surface area contributed by atoms with E-state index in [0.717, 1.165) is 9.13 Å². The molecule has 0 aliphatic carbocycles. The number of carbonyl (C=O) groups excluding carboxylic acids is 1. The Morgan fingerprint density at radius 1 is 1.32 bits per heavy atom. The first-order chi connectivity index (χ1) is 10.6. The minimum atomic E-state index is -0.0382. The van der Waals surface area contributed by atoms with Crippen LogP contribution in [-0.4, -0.2) is 10.9 Å². The van der Waals surface area contributed by atoms with E-state index in [2.05, 4.69) is 32.9 Å². The van der Waals surface area contributed by atoms with Crippen molar-refractivity contribution in [3.05, 3.63) is 45.0 Å². The fraction of sp³-hybridized carbons (Fsp3) is 0.125. The SMILES string of the molecule is CCC(=O)Nc1ccc2oc(-c3cc(I)ccc3Cl)nc2c1. The van der Waals surface area contributed by atoms with Gasteiger partial charge >= 0.3 is 0 Å². The van der Waals surface area contributed by atoms with Crippen molar-refractivity contribution in [2.24, 2.45) is 0 Å². The molecule has 3 aromatic rings. The highest BCUT2D eigenvalue weighted by molar-refractivity contribution is 14.1. The van der Waals surface area contributed by atoms with Gasteiger partial charge < -0.3 is 9.73 Å². The van der Waals surface area contributed by atoms with Crippen LogP contribution in [0.1, 0.15) is 13.3 Å². The van der Waals surface area contributed by atoms with Gasteiger partial charge in [-0.15, -0.1) is 0 Å². The first-order valence-electron chi connectivity index (χ1n) is 6.72. The van der Waals surface area contributed by atoms with Crippen LogP contribution in [0.4, 0.5) is 5.69 Å². The summed E-state index contributed by atoms with van der Waals surface area (Å²) in [6, 6.07) is 11.0. The summed E-state index contributed by atoms with van der Waals surface area (Å²) in [6.07, 6.45) is 0.431. The minimum absolute atomic E-state index is 0.0382. The number of rotatable bonds is 3. The standard InChI is InChI=1S/C16H12ClIN2O2/c1-2-15(21)19-10-4-6-14-13(8-10)20-16(22-14)11-7-9(18)3-5-12(11)17/h3-8H,2H2,1H3,(H,19,21). The first kappa shape index (κ1) is 15.3. The molecule has 22 heavy (non-hydrogen) atoms. The average molecular weight is 427 g/mol. The summed E-state index contributed by atoms with van der Waals surface area (Å²) in [5.74, 6) is 0.432. The predicted molar refractivity (Wildman–Crippen MR) is 96.1 cm³/mol. The van der Waals surface area contributed by atoms with E-state index in [-0.39, 0.29) is 5.91 Å². The normalized spacial score (nSPS) is 10.9. The predicted octanol–water partition coefficient (Wildman–Crippen LogP) is 5.10. The molecule has 1 heterocycles. The smallest absolute Gasteiger partial charge is 0.228 e. The van der Waals surface area contributed by atoms with Crippen LogP contribution in [0.5, 0.6) is 0 Å². The summed E-state index contributed by atoms with van der Waals surface area (Å²) in [4.78, 5) is 15.9. The molecule has 3 rings (SSSR count). The molecule has 0 saturated carbocycles. The Labute approximate surface area is 146 Å². The second-order valence-electron chi connectivity index (χ2n) is 4.73. The Hall–Kier alpha value is -1.60. The van der Waals surface area contributed by atoms with Gasteiger partial charge in [0.1, 0.15) is 5.52 Å². The van der Waals surface area contributed by atoms with Gasteiger partial charge in [-0.05, 0) is 59.0 Å². The van der Waals surface area contributed by atoms with Crippen molar-refractivity contribution in [3.8, 4) is 11.5 Å². The van der Waals surface area contributed by atoms with Crippen LogP contribution < -0.4 is 5.32 Å². The number of hydrogen-bond donors (Lipinski definition) is 1. The van der Waals surface area contributed by atoms with E-state index in [9.17, 15) is 4.79 Å². The van der Waals surface area contributed by atoms with Crippen LogP contribution >= 0.6 is 34.2 Å². The molecule has 0 spiro atoms. The Balaban J connectivity index is 2.02. The van der Waals surface area contributed by atoms with E-state index in [4.69, 9.17) is 16.0 Å². The number of oxazole rings is 1. The van der Waals surface area contributed by atoms with Crippen LogP contribution in [0.2, 0.25) is 5.02 Å². The highest BCUT2D eigenvalue weighted by atomic mass is 127. The molecule has 0 radical (unpaired) electrons. The second-order valence-corrected chi connectivity index (χ2v) is 6.38. The summed E-state index contributed by atoms with van der Waals surface area (Å²) in [5.41, 5.74) is 2.79. The van der Waals surface area contributed by atoms with Crippen LogP contribution in [0.25, 0.3) is 22.6 Å². The van der Waals surface area contributed by atoms with Gasteiger partial charge in [-0.1, -0.05) is 18.5 Å². The largest absolute Gasteiger partial charge is 0.436 e. The number of fused-ring (bicyclic) bond motifs is 1. The number of carbonyl (C=O) groups is 1. The maximum atomic E-state index is 11.5. The molecule has 0 saturated heterocycles. The molecule has 0 bridgehead atoms. The number of amides is 1. The number of halogens is 2. The van der Waals surface area contributed by atoms with Crippen molar-refractivity contribution in [2.45, 2.75) is 13.3 Å². The van der Waals surface area contributed by atoms with Gasteiger partial charge in [-0.3, -0.25) is 4.79 Å². The fourth-order valence-corrected chi connectivity index (χ4v) is 2.72. The van der Waals surface area contributed by atoms with Crippen LogP contribution in [0.15, 0.2) is 40.8 Å². The molecule has 0 aliphatic rings. The van der Waals surface area contributed by atoms with Gasteiger partial charge in [0.25, 0.3) is 0 Å². The van der Waals surface area contributed by atoms with E-state index in [1.54, 1.807) is 25.1 Å². The Bertz CT molecular complexity index is 860. The van der Waals surface area contributed by atoms with E-state index >= 15 is 0 Å². The molecule has 0 aliphatic heterocycles. The van der Waals surface area contributed by atoms with Gasteiger partial charge in [-0.25, -0.2) is 4.98 Å². The molecule has 0 atom stereocenters. The number of nitrogens with one attached hydrogen (secondary N) is 1. The highest BCUT2D eigenvalue weighted by Gasteiger charge is 2.13. The first-order valence-corrected chi connectivity index (χ1v) is 8.18. The zero-order valence-electron chi connectivity index (χ0n) is 11.7. The summed E-state index contributed by atoms with van der Waals surface area (Å²) in [6.45, 7) is 1.81. The molecule has 0 unspecified atom stereocenters. The lowest BCUT2D eigenvalue weighted by atomic mass is 10.2. The minimum Gasteiger partial charge on any atom is -0.436 e. The zero-order chi connectivity index (χ0) is 15.7. The molecule has 2 aromatic carbocycles. The van der Waals surface area contributed by atoms with Crippen molar-refractivity contribution in [3.63, 3.8) is 0 Å². The van der Waals surface area contributed by atoms with Crippen molar-refractivity contribution >= 4 is 56.9 Å². The monoisotopic (exact) mass is 426 g/mol. The maximum absolute atomic E-state index is 11.5. The molecular weight excluding hydrogens is 415 g/mol. The summed E-state index contributed by atoms with van der Waals surface area (Å²) in [7, 11) is 0. The Morgan fingerprint density at radius 2 is 2.14 bits per heavy atom. The van der Waals surface area contributed by atoms with E-state index in [1.165, 1.54) is 0 Å². The Kier molecular flexibility index (Phi) is 4.35. The lowest BCUT2D eigenvalue weighted by Crippen LogP contribution is -2.08. The molecular formula is C16H12ClIN2O2. The molecule has 1 amide bonds. The number of aromatic nitrogens is 1. The van der Waals surface area contributed by atoms with E-state index < -0.39 is 0 Å². The summed E-state index contributed by atoms with van der Waals surface area (Å²) in [5, 5.41) is 3.39. The molecule has 1 aromatic heterocycles. The van der Waals surface area contributed by atoms with Crippen LogP contribution in [0.3, 0.4) is 0 Å². The molecule has 4 nitrogen and oxygen atoms in total. The van der Waals surface area contributed by atoms with Gasteiger partial charge in [-0.2, -0.15) is 0 Å². The third kappa shape index (κ3) is 3.10. The molecule has 0 fully saturated rings. The van der Waals surface area contributed by atoms with Crippen molar-refractivity contribution in [1.82, 2.24) is 4.98 Å². The number of hydrogen-bond acceptors (Lipinski definition) is 3. The average Bonchev–Trinajstić information content (AvgIpc) is 2.92. The van der Waals surface area contributed by atoms with Gasteiger partial charge in [0.15, 0.2) is 5.58 Å². The van der Waals surface area contributed by atoms with E-state index in [1.807, 2.05) is 18.2 Å². The van der Waals surface area contributed by atoms with Crippen molar-refractivity contribution in [1.29, 1.82) is 0 Å². The van der Waals surface area contributed by atoms with Gasteiger partial charge in [0, 0.05) is 15.7 Å². The van der Waals surface area contributed by atoms with Gasteiger partial charge in [0.05, 0.1) is 10.6 Å². The third-order valence-corrected chi connectivity index (χ3v) is 4.15. The van der Waals surface area contributed by atoms with Gasteiger partial charge in [0.2, 0.25) is 11.8 Å². The van der Waals surface area contributed by atoms with Crippen molar-refractivity contribution in [2.75, 3.05) is 5.32 Å². The molecule has 6 heteroatoms. The summed E-state index contributed by atoms with van der Waals surface area (Å²) < 4.78 is 6.82.